The highest BCUT2D eigenvalue weighted by molar-refractivity contribution is 5.95. The molecule has 0 aliphatic carbocycles. The standard InChI is InChI=1S/C15H22N2O3/c1-10(2)15(4,20)9-16-14(19)17-13-7-5-12(6-8-13)11(3)18/h5-8,10,20H,9H2,1-4H3,(H2,16,17,19). The summed E-state index contributed by atoms with van der Waals surface area (Å²) in [5.74, 6) is 0.0200. The maximum absolute atomic E-state index is 11.7. The molecule has 0 aliphatic rings. The van der Waals surface area contributed by atoms with Gasteiger partial charge in [-0.25, -0.2) is 4.79 Å². The molecule has 0 saturated heterocycles. The molecule has 0 aliphatic heterocycles. The fraction of sp³-hybridized carbons (Fsp3) is 0.467. The number of Topliss-reactive ketones (excluding diaryl/α,β-unsaturated/α-hetero) is 1. The molecule has 0 heterocycles. The number of amides is 2. The number of anilines is 1. The summed E-state index contributed by atoms with van der Waals surface area (Å²) in [7, 11) is 0. The summed E-state index contributed by atoms with van der Waals surface area (Å²) in [4.78, 5) is 22.8. The zero-order valence-corrected chi connectivity index (χ0v) is 12.4. The van der Waals surface area contributed by atoms with Crippen LogP contribution in [0, 0.1) is 5.92 Å². The molecule has 1 aromatic rings. The lowest BCUT2D eigenvalue weighted by atomic mass is 9.93. The summed E-state index contributed by atoms with van der Waals surface area (Å²) in [5.41, 5.74) is 0.242. The molecule has 5 nitrogen and oxygen atoms in total. The first-order valence-electron chi connectivity index (χ1n) is 6.60. The van der Waals surface area contributed by atoms with E-state index in [1.807, 2.05) is 13.8 Å². The summed E-state index contributed by atoms with van der Waals surface area (Å²) in [6.07, 6.45) is 0. The summed E-state index contributed by atoms with van der Waals surface area (Å²) >= 11 is 0. The van der Waals surface area contributed by atoms with Crippen LogP contribution in [0.4, 0.5) is 10.5 Å². The van der Waals surface area contributed by atoms with Gasteiger partial charge in [0.1, 0.15) is 0 Å². The number of nitrogens with one attached hydrogen (secondary N) is 2. The van der Waals surface area contributed by atoms with Crippen LogP contribution in [-0.2, 0) is 0 Å². The molecule has 5 heteroatoms. The number of ketones is 1. The van der Waals surface area contributed by atoms with Crippen LogP contribution in [0.2, 0.25) is 0 Å². The highest BCUT2D eigenvalue weighted by atomic mass is 16.3. The Balaban J connectivity index is 2.52. The minimum atomic E-state index is -0.949. The number of hydrogen-bond acceptors (Lipinski definition) is 3. The van der Waals surface area contributed by atoms with E-state index in [9.17, 15) is 14.7 Å². The van der Waals surface area contributed by atoms with Gasteiger partial charge in [0, 0.05) is 17.8 Å². The molecule has 0 spiro atoms. The Kier molecular flexibility index (Phi) is 5.27. The molecule has 0 radical (unpaired) electrons. The van der Waals surface area contributed by atoms with E-state index in [2.05, 4.69) is 10.6 Å². The molecule has 3 N–H and O–H groups in total. The van der Waals surface area contributed by atoms with Gasteiger partial charge in [-0.3, -0.25) is 4.79 Å². The van der Waals surface area contributed by atoms with Gasteiger partial charge in [0.2, 0.25) is 0 Å². The normalized spacial score (nSPS) is 13.7. The van der Waals surface area contributed by atoms with Crippen molar-refractivity contribution < 1.29 is 14.7 Å². The van der Waals surface area contributed by atoms with Gasteiger partial charge in [-0.05, 0) is 44.0 Å². The van der Waals surface area contributed by atoms with E-state index in [1.165, 1.54) is 6.92 Å². The number of carbonyl (C=O) groups excluding carboxylic acids is 2. The van der Waals surface area contributed by atoms with Gasteiger partial charge in [-0.2, -0.15) is 0 Å². The third kappa shape index (κ3) is 4.66. The largest absolute Gasteiger partial charge is 0.388 e. The van der Waals surface area contributed by atoms with Gasteiger partial charge in [0.25, 0.3) is 0 Å². The molecule has 2 amide bonds. The minimum absolute atomic E-state index is 0.0195. The maximum atomic E-state index is 11.7. The average molecular weight is 278 g/mol. The van der Waals surface area contributed by atoms with Crippen LogP contribution in [0.1, 0.15) is 38.1 Å². The Bertz CT molecular complexity index is 478. The number of rotatable bonds is 5. The highest BCUT2D eigenvalue weighted by Gasteiger charge is 2.25. The van der Waals surface area contributed by atoms with Gasteiger partial charge >= 0.3 is 6.03 Å². The third-order valence-electron chi connectivity index (χ3n) is 3.40. The highest BCUT2D eigenvalue weighted by Crippen LogP contribution is 2.14. The van der Waals surface area contributed by atoms with Crippen molar-refractivity contribution in [2.24, 2.45) is 5.92 Å². The maximum Gasteiger partial charge on any atom is 0.319 e. The fourth-order valence-corrected chi connectivity index (χ4v) is 1.43. The molecule has 1 atom stereocenters. The van der Waals surface area contributed by atoms with Crippen molar-refractivity contribution in [3.05, 3.63) is 29.8 Å². The van der Waals surface area contributed by atoms with E-state index in [0.29, 0.717) is 11.3 Å². The SMILES string of the molecule is CC(=O)c1ccc(NC(=O)NCC(C)(O)C(C)C)cc1. The van der Waals surface area contributed by atoms with Crippen molar-refractivity contribution in [2.45, 2.75) is 33.3 Å². The molecular weight excluding hydrogens is 256 g/mol. The molecule has 1 rings (SSSR count). The van der Waals surface area contributed by atoms with Gasteiger partial charge in [-0.1, -0.05) is 13.8 Å². The summed E-state index contributed by atoms with van der Waals surface area (Å²) in [6.45, 7) is 7.12. The van der Waals surface area contributed by atoms with Gasteiger partial charge in [0.15, 0.2) is 5.78 Å². The van der Waals surface area contributed by atoms with E-state index < -0.39 is 5.60 Å². The number of aliphatic hydroxyl groups is 1. The molecule has 110 valence electrons. The first-order chi connectivity index (χ1) is 9.22. The second kappa shape index (κ2) is 6.52. The van der Waals surface area contributed by atoms with Crippen LogP contribution >= 0.6 is 0 Å². The molecule has 0 fully saturated rings. The predicted molar refractivity (Wildman–Crippen MR) is 78.9 cm³/mol. The van der Waals surface area contributed by atoms with Crippen molar-refractivity contribution in [3.63, 3.8) is 0 Å². The first-order valence-corrected chi connectivity index (χ1v) is 6.60. The van der Waals surface area contributed by atoms with E-state index in [0.717, 1.165) is 0 Å². The van der Waals surface area contributed by atoms with Crippen molar-refractivity contribution in [1.29, 1.82) is 0 Å². The second-order valence-corrected chi connectivity index (χ2v) is 5.45. The van der Waals surface area contributed by atoms with Gasteiger partial charge < -0.3 is 15.7 Å². The van der Waals surface area contributed by atoms with E-state index in [1.54, 1.807) is 31.2 Å². The predicted octanol–water partition coefficient (Wildman–Crippen LogP) is 2.42. The molecule has 20 heavy (non-hydrogen) atoms. The third-order valence-corrected chi connectivity index (χ3v) is 3.40. The van der Waals surface area contributed by atoms with Crippen LogP contribution in [0.5, 0.6) is 0 Å². The van der Waals surface area contributed by atoms with Crippen LogP contribution in [-0.4, -0.2) is 29.1 Å². The lowest BCUT2D eigenvalue weighted by Crippen LogP contribution is -2.45. The van der Waals surface area contributed by atoms with E-state index >= 15 is 0 Å². The first kappa shape index (κ1) is 16.2. The quantitative estimate of drug-likeness (QED) is 0.724. The summed E-state index contributed by atoms with van der Waals surface area (Å²) in [6, 6.07) is 6.25. The number of urea groups is 1. The van der Waals surface area contributed by atoms with Crippen molar-refractivity contribution in [3.8, 4) is 0 Å². The van der Waals surface area contributed by atoms with Crippen molar-refractivity contribution >= 4 is 17.5 Å². The number of hydrogen-bond donors (Lipinski definition) is 3. The summed E-state index contributed by atoms with van der Waals surface area (Å²) in [5, 5.41) is 15.3. The number of benzene rings is 1. The zero-order valence-electron chi connectivity index (χ0n) is 12.4. The van der Waals surface area contributed by atoms with E-state index in [-0.39, 0.29) is 24.3 Å². The van der Waals surface area contributed by atoms with Gasteiger partial charge in [0.05, 0.1) is 5.60 Å². The summed E-state index contributed by atoms with van der Waals surface area (Å²) < 4.78 is 0. The Labute approximate surface area is 119 Å². The number of carbonyl (C=O) groups is 2. The smallest absolute Gasteiger partial charge is 0.319 e. The van der Waals surface area contributed by atoms with Crippen LogP contribution in [0.3, 0.4) is 0 Å². The topological polar surface area (TPSA) is 78.4 Å². The van der Waals surface area contributed by atoms with Crippen molar-refractivity contribution in [2.75, 3.05) is 11.9 Å². The molecule has 0 aromatic heterocycles. The molecule has 0 bridgehead atoms. The van der Waals surface area contributed by atoms with Crippen LogP contribution in [0.15, 0.2) is 24.3 Å². The Morgan fingerprint density at radius 2 is 1.80 bits per heavy atom. The van der Waals surface area contributed by atoms with E-state index in [4.69, 9.17) is 0 Å². The second-order valence-electron chi connectivity index (χ2n) is 5.45. The Morgan fingerprint density at radius 1 is 1.25 bits per heavy atom. The van der Waals surface area contributed by atoms with Crippen LogP contribution in [0.25, 0.3) is 0 Å². The molecule has 0 saturated carbocycles. The lowest BCUT2D eigenvalue weighted by molar-refractivity contribution is 0.0170. The monoisotopic (exact) mass is 278 g/mol. The zero-order chi connectivity index (χ0) is 15.3. The fourth-order valence-electron chi connectivity index (χ4n) is 1.43. The van der Waals surface area contributed by atoms with Crippen molar-refractivity contribution in [1.82, 2.24) is 5.32 Å². The molecular formula is C15H22N2O3. The minimum Gasteiger partial charge on any atom is -0.388 e. The Morgan fingerprint density at radius 3 is 2.25 bits per heavy atom. The lowest BCUT2D eigenvalue weighted by Gasteiger charge is -2.27. The molecule has 1 aromatic carbocycles. The van der Waals surface area contributed by atoms with Gasteiger partial charge in [-0.15, -0.1) is 0 Å². The molecule has 1 unspecified atom stereocenters. The average Bonchev–Trinajstić information content (AvgIpc) is 2.37. The van der Waals surface area contributed by atoms with Crippen LogP contribution < -0.4 is 10.6 Å². The Hall–Kier alpha value is -1.88.